The van der Waals surface area contributed by atoms with E-state index in [2.05, 4.69) is 71.0 Å². The van der Waals surface area contributed by atoms with Crippen LogP contribution in [0.15, 0.2) is 72.1 Å². The zero-order valence-electron chi connectivity index (χ0n) is 16.8. The predicted octanol–water partition coefficient (Wildman–Crippen LogP) is 5.86. The summed E-state index contributed by atoms with van der Waals surface area (Å²) in [5.74, 6) is 0.191. The molecule has 0 saturated heterocycles. The van der Waals surface area contributed by atoms with Gasteiger partial charge in [0.25, 0.3) is 0 Å². The molecule has 4 aromatic rings. The van der Waals surface area contributed by atoms with Crippen molar-refractivity contribution in [3.63, 3.8) is 0 Å². The summed E-state index contributed by atoms with van der Waals surface area (Å²) in [5.41, 5.74) is 5.37. The average Bonchev–Trinajstić information content (AvgIpc) is 3.09. The maximum absolute atomic E-state index is 11.6. The van der Waals surface area contributed by atoms with Gasteiger partial charge in [0, 0.05) is 29.1 Å². The first-order valence-electron chi connectivity index (χ1n) is 9.67. The molecule has 2 aromatic heterocycles. The van der Waals surface area contributed by atoms with Crippen LogP contribution in [0, 0.1) is 6.92 Å². The summed E-state index contributed by atoms with van der Waals surface area (Å²) in [6.45, 7) is 5.79. The summed E-state index contributed by atoms with van der Waals surface area (Å²) >= 11 is 1.64. The molecule has 1 atom stereocenters. The Balaban J connectivity index is 1.93. The van der Waals surface area contributed by atoms with E-state index in [-0.39, 0.29) is 11.0 Å². The fraction of sp³-hybridized carbons (Fsp3) is 0.208. The monoisotopic (exact) mass is 401 g/mol. The van der Waals surface area contributed by atoms with E-state index in [4.69, 9.17) is 0 Å². The Bertz CT molecular complexity index is 1170. The molecule has 0 saturated carbocycles. The minimum absolute atomic E-state index is 0.150. The minimum Gasteiger partial charge on any atom is -0.301 e. The van der Waals surface area contributed by atoms with Gasteiger partial charge in [-0.25, -0.2) is 9.97 Å². The van der Waals surface area contributed by atoms with Gasteiger partial charge >= 0.3 is 0 Å². The molecule has 0 amide bonds. The number of rotatable bonds is 6. The Morgan fingerprint density at radius 2 is 1.90 bits per heavy atom. The molecule has 0 aliphatic rings. The Labute approximate surface area is 175 Å². The number of aryl methyl sites for hydroxylation is 1. The number of fused-ring (bicyclic) bond motifs is 1. The quantitative estimate of drug-likeness (QED) is 0.300. The molecule has 0 fully saturated rings. The van der Waals surface area contributed by atoms with Gasteiger partial charge < -0.3 is 4.57 Å². The zero-order chi connectivity index (χ0) is 20.4. The van der Waals surface area contributed by atoms with Crippen LogP contribution in [0.2, 0.25) is 0 Å². The van der Waals surface area contributed by atoms with E-state index in [1.807, 2.05) is 18.2 Å². The molecule has 0 aliphatic heterocycles. The van der Waals surface area contributed by atoms with Crippen LogP contribution >= 0.6 is 11.8 Å². The third-order valence-electron chi connectivity index (χ3n) is 4.80. The lowest BCUT2D eigenvalue weighted by Gasteiger charge is -2.10. The van der Waals surface area contributed by atoms with Crippen LogP contribution < -0.4 is 0 Å². The van der Waals surface area contributed by atoms with E-state index >= 15 is 0 Å². The van der Waals surface area contributed by atoms with Crippen LogP contribution in [0.4, 0.5) is 0 Å². The summed E-state index contributed by atoms with van der Waals surface area (Å²) in [6.07, 6.45) is 4.28. The topological polar surface area (TPSA) is 47.8 Å². The largest absolute Gasteiger partial charge is 0.301 e. The number of thioether (sulfide) groups is 1. The molecule has 5 heteroatoms. The van der Waals surface area contributed by atoms with Crippen molar-refractivity contribution < 1.29 is 4.79 Å². The molecule has 4 rings (SSSR count). The summed E-state index contributed by atoms with van der Waals surface area (Å²) < 4.78 is 2.13. The van der Waals surface area contributed by atoms with Crippen molar-refractivity contribution in [2.45, 2.75) is 37.5 Å². The van der Waals surface area contributed by atoms with Crippen LogP contribution in [0.25, 0.3) is 27.8 Å². The molecule has 29 heavy (non-hydrogen) atoms. The molecule has 2 aromatic carbocycles. The Hall–Kier alpha value is -2.92. The SMILES string of the molecule is CC(=O)C[C@H](C)Sc1ncnc2c1c(-c1ccccc1)cn2-c1cccc(C)c1. The third-order valence-corrected chi connectivity index (χ3v) is 5.90. The number of hydrogen-bond acceptors (Lipinski definition) is 4. The van der Waals surface area contributed by atoms with Crippen LogP contribution in [-0.2, 0) is 4.79 Å². The molecule has 0 aliphatic carbocycles. The Morgan fingerprint density at radius 3 is 2.62 bits per heavy atom. The van der Waals surface area contributed by atoms with E-state index in [1.54, 1.807) is 25.0 Å². The predicted molar refractivity (Wildman–Crippen MR) is 120 cm³/mol. The first kappa shape index (κ1) is 19.4. The molecule has 0 spiro atoms. The van der Waals surface area contributed by atoms with Crippen molar-refractivity contribution in [3.05, 3.63) is 72.7 Å². The van der Waals surface area contributed by atoms with Gasteiger partial charge in [0.15, 0.2) is 0 Å². The molecule has 4 nitrogen and oxygen atoms in total. The van der Waals surface area contributed by atoms with E-state index in [9.17, 15) is 4.79 Å². The first-order valence-corrected chi connectivity index (χ1v) is 10.6. The van der Waals surface area contributed by atoms with Gasteiger partial charge in [0.2, 0.25) is 0 Å². The number of carbonyl (C=O) groups is 1. The van der Waals surface area contributed by atoms with Crippen LogP contribution in [-0.4, -0.2) is 25.6 Å². The maximum atomic E-state index is 11.6. The third kappa shape index (κ3) is 4.10. The van der Waals surface area contributed by atoms with Gasteiger partial charge in [0.1, 0.15) is 22.8 Å². The Kier molecular flexibility index (Phi) is 5.49. The Morgan fingerprint density at radius 1 is 1.10 bits per heavy atom. The minimum atomic E-state index is 0.150. The molecule has 0 unspecified atom stereocenters. The van der Waals surface area contributed by atoms with E-state index < -0.39 is 0 Å². The van der Waals surface area contributed by atoms with Gasteiger partial charge in [-0.3, -0.25) is 4.79 Å². The van der Waals surface area contributed by atoms with Gasteiger partial charge in [0.05, 0.1) is 5.39 Å². The number of benzene rings is 2. The normalized spacial score (nSPS) is 12.2. The second kappa shape index (κ2) is 8.21. The molecule has 0 radical (unpaired) electrons. The van der Waals surface area contributed by atoms with Gasteiger partial charge in [-0.2, -0.15) is 0 Å². The lowest BCUT2D eigenvalue weighted by atomic mass is 10.1. The van der Waals surface area contributed by atoms with Gasteiger partial charge in [-0.05, 0) is 37.1 Å². The molecule has 2 heterocycles. The van der Waals surface area contributed by atoms with Crippen molar-refractivity contribution in [2.75, 3.05) is 0 Å². The standard InChI is InChI=1S/C24H23N3OS/c1-16-8-7-11-20(12-16)27-14-21(19-9-5-4-6-10-19)22-23(27)25-15-26-24(22)29-18(3)13-17(2)28/h4-12,14-15,18H,13H2,1-3H3/t18-/m0/s1. The summed E-state index contributed by atoms with van der Waals surface area (Å²) in [5, 5.41) is 2.09. The highest BCUT2D eigenvalue weighted by Gasteiger charge is 2.19. The van der Waals surface area contributed by atoms with Crippen molar-refractivity contribution in [1.82, 2.24) is 14.5 Å². The van der Waals surface area contributed by atoms with E-state index in [1.165, 1.54) is 5.56 Å². The molecule has 146 valence electrons. The highest BCUT2D eigenvalue weighted by atomic mass is 32.2. The second-order valence-corrected chi connectivity index (χ2v) is 8.76. The number of aromatic nitrogens is 3. The van der Waals surface area contributed by atoms with Crippen LogP contribution in [0.1, 0.15) is 25.8 Å². The highest BCUT2D eigenvalue weighted by molar-refractivity contribution is 8.00. The molecule has 0 N–H and O–H groups in total. The fourth-order valence-electron chi connectivity index (χ4n) is 3.57. The van der Waals surface area contributed by atoms with Crippen molar-refractivity contribution in [3.8, 4) is 16.8 Å². The zero-order valence-corrected chi connectivity index (χ0v) is 17.6. The molecular formula is C24H23N3OS. The number of nitrogens with zero attached hydrogens (tertiary/aromatic N) is 3. The number of hydrogen-bond donors (Lipinski definition) is 0. The second-order valence-electron chi connectivity index (χ2n) is 7.33. The van der Waals surface area contributed by atoms with Crippen molar-refractivity contribution in [1.29, 1.82) is 0 Å². The first-order chi connectivity index (χ1) is 14.0. The van der Waals surface area contributed by atoms with E-state index in [0.29, 0.717) is 6.42 Å². The number of carbonyl (C=O) groups excluding carboxylic acids is 1. The smallest absolute Gasteiger partial charge is 0.149 e. The molecule has 0 bridgehead atoms. The average molecular weight is 402 g/mol. The van der Waals surface area contributed by atoms with E-state index in [0.717, 1.165) is 32.9 Å². The van der Waals surface area contributed by atoms with Crippen LogP contribution in [0.3, 0.4) is 0 Å². The number of Topliss-reactive ketones (excluding diaryl/α,β-unsaturated/α-hetero) is 1. The van der Waals surface area contributed by atoms with Gasteiger partial charge in [-0.15, -0.1) is 11.8 Å². The van der Waals surface area contributed by atoms with Crippen molar-refractivity contribution >= 4 is 28.6 Å². The van der Waals surface area contributed by atoms with Crippen LogP contribution in [0.5, 0.6) is 0 Å². The summed E-state index contributed by atoms with van der Waals surface area (Å²) in [4.78, 5) is 20.8. The highest BCUT2D eigenvalue weighted by Crippen LogP contribution is 2.38. The van der Waals surface area contributed by atoms with Crippen molar-refractivity contribution in [2.24, 2.45) is 0 Å². The summed E-state index contributed by atoms with van der Waals surface area (Å²) in [7, 11) is 0. The summed E-state index contributed by atoms with van der Waals surface area (Å²) in [6, 6.07) is 18.7. The lowest BCUT2D eigenvalue weighted by molar-refractivity contribution is -0.116. The lowest BCUT2D eigenvalue weighted by Crippen LogP contribution is -2.04. The fourth-order valence-corrected chi connectivity index (χ4v) is 4.70. The van der Waals surface area contributed by atoms with Gasteiger partial charge in [-0.1, -0.05) is 49.4 Å². The maximum Gasteiger partial charge on any atom is 0.149 e. The molecular weight excluding hydrogens is 378 g/mol. The number of ketones is 1.